The molecule has 2 aromatic rings. The van der Waals surface area contributed by atoms with Crippen molar-refractivity contribution in [1.82, 2.24) is 0 Å². The number of phenolic OH excluding ortho intramolecular Hbond substituents is 1. The Kier molecular flexibility index (Phi) is 8.87. The number of benzene rings is 2. The second kappa shape index (κ2) is 11.6. The van der Waals surface area contributed by atoms with Gasteiger partial charge in [0.05, 0.1) is 35.0 Å². The number of aromatic hydroxyl groups is 1. The van der Waals surface area contributed by atoms with E-state index in [0.717, 1.165) is 5.56 Å². The Morgan fingerprint density at radius 2 is 1.40 bits per heavy atom. The van der Waals surface area contributed by atoms with Crippen molar-refractivity contribution in [1.29, 1.82) is 0 Å². The molecule has 35 heavy (non-hydrogen) atoms. The SMILES string of the molecule is COc1ccc(CCc2cc(OC)c(OC)c(OC)c2)c(O[C@@H]2O[C@H](CO)C(O)[C@H](O)[C@H]2O)c1O. The van der Waals surface area contributed by atoms with Crippen LogP contribution in [0.4, 0.5) is 0 Å². The Hall–Kier alpha value is -2.96. The van der Waals surface area contributed by atoms with Crippen molar-refractivity contribution in [3.8, 4) is 34.5 Å². The summed E-state index contributed by atoms with van der Waals surface area (Å²) in [5.41, 5.74) is 1.41. The minimum atomic E-state index is -1.64. The number of aryl methyl sites for hydroxylation is 2. The maximum Gasteiger partial charge on any atom is 0.229 e. The average Bonchev–Trinajstić information content (AvgIpc) is 2.88. The van der Waals surface area contributed by atoms with Crippen LogP contribution in [0.2, 0.25) is 0 Å². The number of hydrogen-bond acceptors (Lipinski definition) is 11. The Labute approximate surface area is 203 Å². The van der Waals surface area contributed by atoms with Crippen molar-refractivity contribution in [2.24, 2.45) is 0 Å². The van der Waals surface area contributed by atoms with Crippen LogP contribution in [0.25, 0.3) is 0 Å². The maximum absolute atomic E-state index is 10.8. The fourth-order valence-electron chi connectivity index (χ4n) is 3.93. The monoisotopic (exact) mass is 496 g/mol. The minimum absolute atomic E-state index is 0.0267. The first-order valence-corrected chi connectivity index (χ1v) is 10.9. The van der Waals surface area contributed by atoms with E-state index in [1.165, 1.54) is 28.4 Å². The summed E-state index contributed by atoms with van der Waals surface area (Å²) in [5.74, 6) is 1.23. The zero-order valence-corrected chi connectivity index (χ0v) is 20.0. The van der Waals surface area contributed by atoms with E-state index in [9.17, 15) is 25.5 Å². The Balaban J connectivity index is 1.90. The summed E-state index contributed by atoms with van der Waals surface area (Å²) in [4.78, 5) is 0. The molecule has 11 heteroatoms. The molecule has 0 saturated carbocycles. The number of rotatable bonds is 10. The highest BCUT2D eigenvalue weighted by Crippen LogP contribution is 2.42. The highest BCUT2D eigenvalue weighted by molar-refractivity contribution is 5.56. The second-order valence-corrected chi connectivity index (χ2v) is 7.95. The predicted molar refractivity (Wildman–Crippen MR) is 123 cm³/mol. The van der Waals surface area contributed by atoms with E-state index < -0.39 is 37.3 Å². The van der Waals surface area contributed by atoms with Crippen molar-refractivity contribution in [3.63, 3.8) is 0 Å². The normalized spacial score (nSPS) is 24.1. The molecule has 3 rings (SSSR count). The highest BCUT2D eigenvalue weighted by atomic mass is 16.7. The molecule has 5 atom stereocenters. The first-order chi connectivity index (χ1) is 16.8. The molecule has 0 radical (unpaired) electrons. The largest absolute Gasteiger partial charge is 0.502 e. The second-order valence-electron chi connectivity index (χ2n) is 7.95. The molecule has 5 N–H and O–H groups in total. The zero-order valence-electron chi connectivity index (χ0n) is 20.0. The van der Waals surface area contributed by atoms with E-state index in [1.807, 2.05) is 12.1 Å². The highest BCUT2D eigenvalue weighted by Gasteiger charge is 2.45. The fourth-order valence-corrected chi connectivity index (χ4v) is 3.93. The Bertz CT molecular complexity index is 969. The molecule has 1 aliphatic rings. The van der Waals surface area contributed by atoms with Gasteiger partial charge in [0.25, 0.3) is 0 Å². The van der Waals surface area contributed by atoms with E-state index in [1.54, 1.807) is 12.1 Å². The van der Waals surface area contributed by atoms with Crippen LogP contribution in [0.1, 0.15) is 11.1 Å². The molecule has 0 aliphatic carbocycles. The number of ether oxygens (including phenoxy) is 6. The summed E-state index contributed by atoms with van der Waals surface area (Å²) >= 11 is 0. The zero-order chi connectivity index (χ0) is 25.7. The topological polar surface area (TPSA) is 157 Å². The van der Waals surface area contributed by atoms with Crippen LogP contribution in [-0.4, -0.2) is 91.3 Å². The third-order valence-corrected chi connectivity index (χ3v) is 5.89. The summed E-state index contributed by atoms with van der Waals surface area (Å²) < 4.78 is 32.6. The lowest BCUT2D eigenvalue weighted by atomic mass is 9.99. The molecule has 1 saturated heterocycles. The van der Waals surface area contributed by atoms with Crippen molar-refractivity contribution in [2.45, 2.75) is 43.5 Å². The molecule has 1 fully saturated rings. The van der Waals surface area contributed by atoms with Crippen LogP contribution in [0.5, 0.6) is 34.5 Å². The van der Waals surface area contributed by atoms with Crippen LogP contribution in [0.3, 0.4) is 0 Å². The molecule has 1 aliphatic heterocycles. The number of methoxy groups -OCH3 is 4. The van der Waals surface area contributed by atoms with Crippen LogP contribution in [0, 0.1) is 0 Å². The van der Waals surface area contributed by atoms with Crippen LogP contribution in [-0.2, 0) is 17.6 Å². The van der Waals surface area contributed by atoms with Crippen molar-refractivity contribution in [2.75, 3.05) is 35.0 Å². The summed E-state index contributed by atoms with van der Waals surface area (Å²) in [6.45, 7) is -0.608. The van der Waals surface area contributed by atoms with E-state index in [2.05, 4.69) is 0 Å². The average molecular weight is 497 g/mol. The quantitative estimate of drug-likeness (QED) is 0.310. The van der Waals surface area contributed by atoms with Gasteiger partial charge in [-0.1, -0.05) is 6.07 Å². The van der Waals surface area contributed by atoms with Gasteiger partial charge in [-0.3, -0.25) is 0 Å². The van der Waals surface area contributed by atoms with Crippen molar-refractivity contribution >= 4 is 0 Å². The first-order valence-electron chi connectivity index (χ1n) is 10.9. The molecule has 1 heterocycles. The van der Waals surface area contributed by atoms with Gasteiger partial charge in [-0.25, -0.2) is 0 Å². The van der Waals surface area contributed by atoms with Gasteiger partial charge in [0.2, 0.25) is 17.8 Å². The molecular weight excluding hydrogens is 464 g/mol. The number of aliphatic hydroxyl groups excluding tert-OH is 4. The predicted octanol–water partition coefficient (Wildman–Crippen LogP) is 0.390. The molecule has 11 nitrogen and oxygen atoms in total. The number of phenols is 1. The third-order valence-electron chi connectivity index (χ3n) is 5.89. The van der Waals surface area contributed by atoms with E-state index >= 15 is 0 Å². The third kappa shape index (κ3) is 5.49. The fraction of sp³-hybridized carbons (Fsp3) is 0.500. The molecule has 194 valence electrons. The van der Waals surface area contributed by atoms with Gasteiger partial charge in [-0.2, -0.15) is 0 Å². The number of hydrogen-bond donors (Lipinski definition) is 5. The molecule has 0 aromatic heterocycles. The lowest BCUT2D eigenvalue weighted by Gasteiger charge is -2.39. The smallest absolute Gasteiger partial charge is 0.229 e. The standard InChI is InChI=1S/C24H32O11/c1-30-14-8-7-13(6-5-12-9-15(31-2)23(33-4)16(10-12)32-3)22(19(14)27)35-24-21(29)20(28)18(26)17(11-25)34-24/h7-10,17-18,20-21,24-29H,5-6,11H2,1-4H3/t17-,18?,20+,21-,24+/m1/s1. The van der Waals surface area contributed by atoms with Gasteiger partial charge < -0.3 is 54.0 Å². The van der Waals surface area contributed by atoms with Gasteiger partial charge in [0.15, 0.2) is 23.0 Å². The van der Waals surface area contributed by atoms with Crippen molar-refractivity contribution < 1.29 is 54.0 Å². The van der Waals surface area contributed by atoms with Gasteiger partial charge >= 0.3 is 0 Å². The van der Waals surface area contributed by atoms with E-state index in [0.29, 0.717) is 35.7 Å². The van der Waals surface area contributed by atoms with Gasteiger partial charge in [0.1, 0.15) is 24.4 Å². The minimum Gasteiger partial charge on any atom is -0.502 e. The van der Waals surface area contributed by atoms with Gasteiger partial charge in [-0.05, 0) is 42.2 Å². The van der Waals surface area contributed by atoms with E-state index in [4.69, 9.17) is 28.4 Å². The van der Waals surface area contributed by atoms with Crippen LogP contribution < -0.4 is 23.7 Å². The molecule has 0 amide bonds. The summed E-state index contributed by atoms with van der Waals surface area (Å²) in [5, 5.41) is 50.7. The van der Waals surface area contributed by atoms with Crippen LogP contribution in [0.15, 0.2) is 24.3 Å². The Morgan fingerprint density at radius 1 is 0.771 bits per heavy atom. The molecule has 0 bridgehead atoms. The summed E-state index contributed by atoms with van der Waals surface area (Å²) in [6.07, 6.45) is -6.57. The van der Waals surface area contributed by atoms with E-state index in [-0.39, 0.29) is 17.2 Å². The molecule has 0 spiro atoms. The van der Waals surface area contributed by atoms with Crippen molar-refractivity contribution in [3.05, 3.63) is 35.4 Å². The Morgan fingerprint density at radius 3 is 1.94 bits per heavy atom. The summed E-state index contributed by atoms with van der Waals surface area (Å²) in [7, 11) is 5.94. The molecule has 1 unspecified atom stereocenters. The lowest BCUT2D eigenvalue weighted by Crippen LogP contribution is -2.60. The molecular formula is C24H32O11. The summed E-state index contributed by atoms with van der Waals surface area (Å²) in [6, 6.07) is 6.88. The van der Waals surface area contributed by atoms with Gasteiger partial charge in [0, 0.05) is 0 Å². The lowest BCUT2D eigenvalue weighted by molar-refractivity contribution is -0.277. The van der Waals surface area contributed by atoms with Gasteiger partial charge in [-0.15, -0.1) is 0 Å². The first kappa shape index (κ1) is 26.6. The maximum atomic E-state index is 10.8. The van der Waals surface area contributed by atoms with Crippen LogP contribution >= 0.6 is 0 Å². The molecule has 2 aromatic carbocycles. The number of aliphatic hydroxyl groups is 4.